The smallest absolute Gasteiger partial charge is 0.353 e. The van der Waals surface area contributed by atoms with Gasteiger partial charge in [-0.15, -0.1) is 0 Å². The van der Waals surface area contributed by atoms with Gasteiger partial charge in [0, 0.05) is 19.6 Å². The SMILES string of the molecule is CCC1CCCN1c1ncnc(NC)c1[N+](=O)[O-]. The molecule has 1 aliphatic rings. The van der Waals surface area contributed by atoms with E-state index in [2.05, 4.69) is 22.2 Å². The Morgan fingerprint density at radius 1 is 1.61 bits per heavy atom. The van der Waals surface area contributed by atoms with Gasteiger partial charge in [0.05, 0.1) is 4.92 Å². The van der Waals surface area contributed by atoms with Crippen LogP contribution >= 0.6 is 0 Å². The van der Waals surface area contributed by atoms with E-state index in [0.29, 0.717) is 11.9 Å². The van der Waals surface area contributed by atoms with Crippen LogP contribution in [0.4, 0.5) is 17.3 Å². The normalized spacial score (nSPS) is 19.0. The summed E-state index contributed by atoms with van der Waals surface area (Å²) in [5.41, 5.74) is -0.0275. The lowest BCUT2D eigenvalue weighted by molar-refractivity contribution is -0.383. The van der Waals surface area contributed by atoms with Crippen LogP contribution in [0, 0.1) is 10.1 Å². The van der Waals surface area contributed by atoms with E-state index < -0.39 is 4.92 Å². The summed E-state index contributed by atoms with van der Waals surface area (Å²) < 4.78 is 0. The van der Waals surface area contributed by atoms with Gasteiger partial charge in [0.15, 0.2) is 0 Å². The molecule has 0 aromatic carbocycles. The molecule has 2 heterocycles. The third-order valence-corrected chi connectivity index (χ3v) is 3.34. The first-order chi connectivity index (χ1) is 8.69. The van der Waals surface area contributed by atoms with Crippen LogP contribution < -0.4 is 10.2 Å². The summed E-state index contributed by atoms with van der Waals surface area (Å²) >= 11 is 0. The number of hydrogen-bond donors (Lipinski definition) is 1. The zero-order valence-electron chi connectivity index (χ0n) is 10.6. The minimum absolute atomic E-state index is 0.0275. The van der Waals surface area contributed by atoms with E-state index in [4.69, 9.17) is 0 Å². The number of hydrogen-bond acceptors (Lipinski definition) is 6. The van der Waals surface area contributed by atoms with Gasteiger partial charge in [-0.3, -0.25) is 10.1 Å². The van der Waals surface area contributed by atoms with Gasteiger partial charge >= 0.3 is 5.69 Å². The molecule has 18 heavy (non-hydrogen) atoms. The highest BCUT2D eigenvalue weighted by Crippen LogP contribution is 2.35. The maximum atomic E-state index is 11.2. The summed E-state index contributed by atoms with van der Waals surface area (Å²) in [4.78, 5) is 20.9. The van der Waals surface area contributed by atoms with E-state index in [-0.39, 0.29) is 11.5 Å². The van der Waals surface area contributed by atoms with Gasteiger partial charge in [0.25, 0.3) is 0 Å². The molecular weight excluding hydrogens is 234 g/mol. The topological polar surface area (TPSA) is 84.2 Å². The third-order valence-electron chi connectivity index (χ3n) is 3.34. The Hall–Kier alpha value is -1.92. The monoisotopic (exact) mass is 251 g/mol. The Morgan fingerprint density at radius 2 is 2.39 bits per heavy atom. The van der Waals surface area contributed by atoms with Crippen molar-refractivity contribution in [2.75, 3.05) is 23.8 Å². The summed E-state index contributed by atoms with van der Waals surface area (Å²) in [6.07, 6.45) is 4.45. The minimum Gasteiger partial charge on any atom is -0.367 e. The lowest BCUT2D eigenvalue weighted by atomic mass is 10.2. The van der Waals surface area contributed by atoms with Gasteiger partial charge in [-0.05, 0) is 19.3 Å². The second-order valence-electron chi connectivity index (χ2n) is 4.30. The van der Waals surface area contributed by atoms with Gasteiger partial charge in [0.2, 0.25) is 11.6 Å². The average Bonchev–Trinajstić information content (AvgIpc) is 2.85. The first-order valence-electron chi connectivity index (χ1n) is 6.12. The molecule has 1 unspecified atom stereocenters. The second kappa shape index (κ2) is 5.16. The summed E-state index contributed by atoms with van der Waals surface area (Å²) in [6, 6.07) is 0.336. The van der Waals surface area contributed by atoms with Crippen LogP contribution in [0.3, 0.4) is 0 Å². The molecular formula is C11H17N5O2. The average molecular weight is 251 g/mol. The summed E-state index contributed by atoms with van der Waals surface area (Å²) in [7, 11) is 1.63. The van der Waals surface area contributed by atoms with Crippen LogP contribution in [-0.2, 0) is 0 Å². The number of anilines is 2. The van der Waals surface area contributed by atoms with Crippen molar-refractivity contribution in [3.63, 3.8) is 0 Å². The van der Waals surface area contributed by atoms with Crippen LogP contribution in [0.5, 0.6) is 0 Å². The highest BCUT2D eigenvalue weighted by Gasteiger charge is 2.32. The number of rotatable bonds is 4. The van der Waals surface area contributed by atoms with E-state index >= 15 is 0 Å². The standard InChI is InChI=1S/C11H17N5O2/c1-3-8-5-4-6-15(8)11-9(16(17)18)10(12-2)13-7-14-11/h7-8H,3-6H2,1-2H3,(H,12,13,14). The van der Waals surface area contributed by atoms with Crippen LogP contribution in [0.25, 0.3) is 0 Å². The molecule has 0 amide bonds. The van der Waals surface area contributed by atoms with E-state index in [1.807, 2.05) is 4.90 Å². The van der Waals surface area contributed by atoms with Gasteiger partial charge in [-0.2, -0.15) is 0 Å². The van der Waals surface area contributed by atoms with E-state index in [1.165, 1.54) is 6.33 Å². The first kappa shape index (κ1) is 12.5. The van der Waals surface area contributed by atoms with Crippen molar-refractivity contribution in [3.8, 4) is 0 Å². The van der Waals surface area contributed by atoms with Crippen molar-refractivity contribution >= 4 is 17.3 Å². The molecule has 1 aromatic rings. The van der Waals surface area contributed by atoms with Gasteiger partial charge in [-0.25, -0.2) is 9.97 Å². The van der Waals surface area contributed by atoms with E-state index in [9.17, 15) is 10.1 Å². The molecule has 0 spiro atoms. The Labute approximate surface area is 105 Å². The molecule has 1 fully saturated rings. The van der Waals surface area contributed by atoms with Crippen LogP contribution in [0.2, 0.25) is 0 Å². The highest BCUT2D eigenvalue weighted by molar-refractivity contribution is 5.70. The third kappa shape index (κ3) is 2.07. The van der Waals surface area contributed by atoms with Crippen molar-refractivity contribution in [2.45, 2.75) is 32.2 Å². The molecule has 1 N–H and O–H groups in total. The molecule has 0 saturated carbocycles. The van der Waals surface area contributed by atoms with Gasteiger partial charge in [0.1, 0.15) is 6.33 Å². The number of nitrogens with zero attached hydrogens (tertiary/aromatic N) is 4. The molecule has 7 nitrogen and oxygen atoms in total. The molecule has 1 aliphatic heterocycles. The van der Waals surface area contributed by atoms with Crippen molar-refractivity contribution in [3.05, 3.63) is 16.4 Å². The fourth-order valence-electron chi connectivity index (χ4n) is 2.47. The quantitative estimate of drug-likeness (QED) is 0.649. The van der Waals surface area contributed by atoms with E-state index in [1.54, 1.807) is 7.05 Å². The molecule has 1 aromatic heterocycles. The van der Waals surface area contributed by atoms with E-state index in [0.717, 1.165) is 25.8 Å². The molecule has 1 saturated heterocycles. The first-order valence-corrected chi connectivity index (χ1v) is 6.12. The van der Waals surface area contributed by atoms with Crippen molar-refractivity contribution < 1.29 is 4.92 Å². The molecule has 2 rings (SSSR count). The predicted molar refractivity (Wildman–Crippen MR) is 68.9 cm³/mol. The van der Waals surface area contributed by atoms with Crippen molar-refractivity contribution in [1.82, 2.24) is 9.97 Å². The molecule has 0 bridgehead atoms. The summed E-state index contributed by atoms with van der Waals surface area (Å²) in [5, 5.41) is 14.0. The maximum Gasteiger partial charge on any atom is 0.353 e. The molecule has 1 atom stereocenters. The van der Waals surface area contributed by atoms with Gasteiger partial charge < -0.3 is 10.2 Å². The minimum atomic E-state index is -0.411. The Bertz CT molecular complexity index is 451. The Balaban J connectivity index is 2.46. The zero-order chi connectivity index (χ0) is 13.1. The van der Waals surface area contributed by atoms with Crippen LogP contribution in [-0.4, -0.2) is 34.5 Å². The lowest BCUT2D eigenvalue weighted by Gasteiger charge is -2.24. The lowest BCUT2D eigenvalue weighted by Crippen LogP contribution is -2.30. The summed E-state index contributed by atoms with van der Waals surface area (Å²) in [6.45, 7) is 2.91. The number of aromatic nitrogens is 2. The molecule has 0 radical (unpaired) electrons. The highest BCUT2D eigenvalue weighted by atomic mass is 16.6. The second-order valence-corrected chi connectivity index (χ2v) is 4.30. The molecule has 7 heteroatoms. The fourth-order valence-corrected chi connectivity index (χ4v) is 2.47. The number of nitro groups is 1. The largest absolute Gasteiger partial charge is 0.367 e. The van der Waals surface area contributed by atoms with Gasteiger partial charge in [-0.1, -0.05) is 6.92 Å². The zero-order valence-corrected chi connectivity index (χ0v) is 10.6. The Kier molecular flexibility index (Phi) is 3.59. The fraction of sp³-hybridized carbons (Fsp3) is 0.636. The van der Waals surface area contributed by atoms with Crippen LogP contribution in [0.1, 0.15) is 26.2 Å². The summed E-state index contributed by atoms with van der Waals surface area (Å²) in [5.74, 6) is 0.704. The molecule has 0 aliphatic carbocycles. The molecule has 98 valence electrons. The maximum absolute atomic E-state index is 11.2. The predicted octanol–water partition coefficient (Wildman–Crippen LogP) is 1.81. The Morgan fingerprint density at radius 3 is 3.00 bits per heavy atom. The van der Waals surface area contributed by atoms with Crippen LogP contribution in [0.15, 0.2) is 6.33 Å². The number of nitrogens with one attached hydrogen (secondary N) is 1. The van der Waals surface area contributed by atoms with Crippen molar-refractivity contribution in [1.29, 1.82) is 0 Å². The van der Waals surface area contributed by atoms with Crippen molar-refractivity contribution in [2.24, 2.45) is 0 Å².